The minimum Gasteiger partial charge on any atom is -0.348 e. The van der Waals surface area contributed by atoms with Gasteiger partial charge in [0.25, 0.3) is 0 Å². The van der Waals surface area contributed by atoms with Gasteiger partial charge in [-0.05, 0) is 23.1 Å². The molecule has 0 radical (unpaired) electrons. The van der Waals surface area contributed by atoms with Crippen molar-refractivity contribution in [1.29, 1.82) is 0 Å². The van der Waals surface area contributed by atoms with Crippen LogP contribution in [0.15, 0.2) is 24.3 Å². The van der Waals surface area contributed by atoms with Crippen molar-refractivity contribution in [2.24, 2.45) is 5.41 Å². The first-order valence-electron chi connectivity index (χ1n) is 5.45. The zero-order chi connectivity index (χ0) is 13.1. The second kappa shape index (κ2) is 5.63. The highest BCUT2D eigenvalue weighted by Gasteiger charge is 2.27. The van der Waals surface area contributed by atoms with Gasteiger partial charge in [0.1, 0.15) is 5.82 Å². The van der Waals surface area contributed by atoms with E-state index in [0.717, 1.165) is 5.56 Å². The standard InChI is InChI=1S/C13H17BrFNO/c1-13(2,3)12(16-11(17)8-14)9-4-6-10(15)7-5-9/h4-7,12H,8H2,1-3H3,(H,16,17). The number of amides is 1. The summed E-state index contributed by atoms with van der Waals surface area (Å²) in [5.74, 6) is -0.345. The SMILES string of the molecule is CC(C)(C)C(NC(=O)CBr)c1ccc(F)cc1. The first-order chi connectivity index (χ1) is 7.84. The van der Waals surface area contributed by atoms with Crippen molar-refractivity contribution in [2.75, 3.05) is 5.33 Å². The molecule has 0 saturated heterocycles. The Morgan fingerprint density at radius 2 is 1.88 bits per heavy atom. The molecular weight excluding hydrogens is 285 g/mol. The van der Waals surface area contributed by atoms with Gasteiger partial charge in [0.05, 0.1) is 11.4 Å². The molecule has 1 rings (SSSR count). The highest BCUT2D eigenvalue weighted by Crippen LogP contribution is 2.32. The summed E-state index contributed by atoms with van der Waals surface area (Å²) >= 11 is 3.12. The van der Waals surface area contributed by atoms with Crippen molar-refractivity contribution in [3.05, 3.63) is 35.6 Å². The van der Waals surface area contributed by atoms with E-state index in [1.807, 2.05) is 20.8 Å². The van der Waals surface area contributed by atoms with Gasteiger partial charge in [-0.2, -0.15) is 0 Å². The quantitative estimate of drug-likeness (QED) is 0.852. The Hall–Kier alpha value is -0.900. The second-order valence-electron chi connectivity index (χ2n) is 5.05. The number of nitrogens with one attached hydrogen (secondary N) is 1. The molecule has 94 valence electrons. The van der Waals surface area contributed by atoms with Crippen LogP contribution in [0.5, 0.6) is 0 Å². The molecular formula is C13H17BrFNO. The van der Waals surface area contributed by atoms with Gasteiger partial charge in [-0.3, -0.25) is 4.79 Å². The number of halogens is 2. The Bertz CT molecular complexity index is 383. The van der Waals surface area contributed by atoms with Gasteiger partial charge in [0, 0.05) is 0 Å². The summed E-state index contributed by atoms with van der Waals surface area (Å²) in [5.41, 5.74) is 0.781. The fourth-order valence-corrected chi connectivity index (χ4v) is 1.82. The Morgan fingerprint density at radius 3 is 2.29 bits per heavy atom. The minimum atomic E-state index is -0.270. The van der Waals surface area contributed by atoms with E-state index in [1.54, 1.807) is 12.1 Å². The van der Waals surface area contributed by atoms with E-state index in [0.29, 0.717) is 0 Å². The second-order valence-corrected chi connectivity index (χ2v) is 5.61. The Labute approximate surface area is 110 Å². The van der Waals surface area contributed by atoms with Crippen LogP contribution in [0.1, 0.15) is 32.4 Å². The van der Waals surface area contributed by atoms with E-state index in [1.165, 1.54) is 12.1 Å². The lowest BCUT2D eigenvalue weighted by molar-refractivity contribution is -0.120. The van der Waals surface area contributed by atoms with E-state index in [4.69, 9.17) is 0 Å². The number of carbonyl (C=O) groups excluding carboxylic acids is 1. The van der Waals surface area contributed by atoms with Gasteiger partial charge in [0.2, 0.25) is 5.91 Å². The van der Waals surface area contributed by atoms with E-state index in [-0.39, 0.29) is 28.5 Å². The summed E-state index contributed by atoms with van der Waals surface area (Å²) in [5, 5.41) is 3.20. The number of rotatable bonds is 3. The molecule has 0 aliphatic heterocycles. The van der Waals surface area contributed by atoms with Crippen LogP contribution in [0.3, 0.4) is 0 Å². The third-order valence-electron chi connectivity index (χ3n) is 2.50. The molecule has 1 N–H and O–H groups in total. The van der Waals surface area contributed by atoms with Crippen LogP contribution in [0, 0.1) is 11.2 Å². The van der Waals surface area contributed by atoms with Crippen LogP contribution >= 0.6 is 15.9 Å². The molecule has 0 saturated carbocycles. The van der Waals surface area contributed by atoms with E-state index >= 15 is 0 Å². The summed E-state index contributed by atoms with van der Waals surface area (Å²) in [6, 6.07) is 6.11. The number of benzene rings is 1. The largest absolute Gasteiger partial charge is 0.348 e. The first-order valence-corrected chi connectivity index (χ1v) is 6.57. The van der Waals surface area contributed by atoms with Crippen LogP contribution in [0.25, 0.3) is 0 Å². The van der Waals surface area contributed by atoms with Crippen molar-refractivity contribution in [3.63, 3.8) is 0 Å². The average molecular weight is 302 g/mol. The van der Waals surface area contributed by atoms with Crippen LogP contribution in [-0.2, 0) is 4.79 Å². The van der Waals surface area contributed by atoms with Crippen LogP contribution < -0.4 is 5.32 Å². The van der Waals surface area contributed by atoms with Gasteiger partial charge in [-0.25, -0.2) is 4.39 Å². The lowest BCUT2D eigenvalue weighted by Gasteiger charge is -2.31. The Balaban J connectivity index is 2.98. The molecule has 2 nitrogen and oxygen atoms in total. The summed E-state index contributed by atoms with van der Waals surface area (Å²) in [6.45, 7) is 6.11. The molecule has 1 aromatic rings. The Kier molecular flexibility index (Phi) is 4.69. The predicted molar refractivity (Wildman–Crippen MR) is 70.5 cm³/mol. The molecule has 0 bridgehead atoms. The molecule has 1 aromatic carbocycles. The van der Waals surface area contributed by atoms with Gasteiger partial charge >= 0.3 is 0 Å². The maximum absolute atomic E-state index is 12.9. The van der Waals surface area contributed by atoms with Gasteiger partial charge in [-0.1, -0.05) is 48.8 Å². The van der Waals surface area contributed by atoms with Crippen molar-refractivity contribution in [2.45, 2.75) is 26.8 Å². The minimum absolute atomic E-state index is 0.0748. The molecule has 1 atom stereocenters. The predicted octanol–water partition coefficient (Wildman–Crippen LogP) is 3.42. The fourth-order valence-electron chi connectivity index (χ4n) is 1.65. The van der Waals surface area contributed by atoms with E-state index in [9.17, 15) is 9.18 Å². The third-order valence-corrected chi connectivity index (χ3v) is 3.01. The maximum Gasteiger partial charge on any atom is 0.231 e. The normalized spacial score (nSPS) is 13.2. The van der Waals surface area contributed by atoms with E-state index < -0.39 is 0 Å². The zero-order valence-corrected chi connectivity index (χ0v) is 11.8. The van der Waals surface area contributed by atoms with Crippen molar-refractivity contribution in [1.82, 2.24) is 5.32 Å². The van der Waals surface area contributed by atoms with Crippen LogP contribution in [0.2, 0.25) is 0 Å². The highest BCUT2D eigenvalue weighted by atomic mass is 79.9. The molecule has 0 aliphatic rings. The molecule has 0 heterocycles. The van der Waals surface area contributed by atoms with Gasteiger partial charge in [-0.15, -0.1) is 0 Å². The fraction of sp³-hybridized carbons (Fsp3) is 0.462. The molecule has 0 aliphatic carbocycles. The summed E-state index contributed by atoms with van der Waals surface area (Å²) < 4.78 is 12.9. The molecule has 1 unspecified atom stereocenters. The van der Waals surface area contributed by atoms with Crippen molar-refractivity contribution < 1.29 is 9.18 Å². The molecule has 1 amide bonds. The molecule has 0 fully saturated rings. The van der Waals surface area contributed by atoms with Crippen LogP contribution in [0.4, 0.5) is 4.39 Å². The lowest BCUT2D eigenvalue weighted by atomic mass is 9.82. The van der Waals surface area contributed by atoms with Gasteiger partial charge < -0.3 is 5.32 Å². The molecule has 17 heavy (non-hydrogen) atoms. The first kappa shape index (κ1) is 14.2. The number of alkyl halides is 1. The molecule has 0 aromatic heterocycles. The molecule has 0 spiro atoms. The highest BCUT2D eigenvalue weighted by molar-refractivity contribution is 9.09. The zero-order valence-electron chi connectivity index (χ0n) is 10.3. The van der Waals surface area contributed by atoms with E-state index in [2.05, 4.69) is 21.2 Å². The summed E-state index contributed by atoms with van der Waals surface area (Å²) in [4.78, 5) is 11.5. The Morgan fingerprint density at radius 1 is 1.35 bits per heavy atom. The van der Waals surface area contributed by atoms with Crippen molar-refractivity contribution in [3.8, 4) is 0 Å². The smallest absolute Gasteiger partial charge is 0.231 e. The third kappa shape index (κ3) is 4.11. The average Bonchev–Trinajstić information content (AvgIpc) is 2.25. The monoisotopic (exact) mass is 301 g/mol. The molecule has 4 heteroatoms. The summed E-state index contributed by atoms with van der Waals surface area (Å²) in [6.07, 6.45) is 0. The maximum atomic E-state index is 12.9. The van der Waals surface area contributed by atoms with Crippen LogP contribution in [-0.4, -0.2) is 11.2 Å². The number of hydrogen-bond donors (Lipinski definition) is 1. The van der Waals surface area contributed by atoms with Gasteiger partial charge in [0.15, 0.2) is 0 Å². The summed E-state index contributed by atoms with van der Waals surface area (Å²) in [7, 11) is 0. The topological polar surface area (TPSA) is 29.1 Å². The van der Waals surface area contributed by atoms with Crippen molar-refractivity contribution >= 4 is 21.8 Å². The number of hydrogen-bond acceptors (Lipinski definition) is 1. The lowest BCUT2D eigenvalue weighted by Crippen LogP contribution is -2.37. The number of carbonyl (C=O) groups is 1.